The van der Waals surface area contributed by atoms with Gasteiger partial charge in [-0.25, -0.2) is 0 Å². The number of nitrogens with one attached hydrogen (secondary N) is 1. The Kier molecular flexibility index (Phi) is 3.74. The maximum atomic E-state index is 12.2. The number of carbonyl (C=O) groups excluding carboxylic acids is 1. The van der Waals surface area contributed by atoms with Crippen molar-refractivity contribution in [3.05, 3.63) is 30.1 Å². The first-order valence-corrected chi connectivity index (χ1v) is 6.05. The number of pyridine rings is 1. The zero-order valence-corrected chi connectivity index (χ0v) is 10.4. The van der Waals surface area contributed by atoms with E-state index < -0.39 is 0 Å². The summed E-state index contributed by atoms with van der Waals surface area (Å²) < 4.78 is 0. The van der Waals surface area contributed by atoms with Crippen LogP contribution in [0.2, 0.25) is 0 Å². The number of nitrogens with zero attached hydrogens (tertiary/aromatic N) is 2. The van der Waals surface area contributed by atoms with Gasteiger partial charge in [0.25, 0.3) is 0 Å². The summed E-state index contributed by atoms with van der Waals surface area (Å²) in [6, 6.07) is 3.87. The molecule has 1 N–H and O–H groups in total. The molecule has 1 aliphatic heterocycles. The highest BCUT2D eigenvalue weighted by Crippen LogP contribution is 2.16. The molecule has 17 heavy (non-hydrogen) atoms. The second kappa shape index (κ2) is 5.27. The van der Waals surface area contributed by atoms with Crippen LogP contribution in [0.15, 0.2) is 24.5 Å². The first kappa shape index (κ1) is 12.0. The summed E-state index contributed by atoms with van der Waals surface area (Å²) in [5, 5.41) is 3.27. The van der Waals surface area contributed by atoms with E-state index in [1.54, 1.807) is 17.3 Å². The van der Waals surface area contributed by atoms with E-state index in [0.29, 0.717) is 12.5 Å². The fourth-order valence-corrected chi connectivity index (χ4v) is 2.24. The van der Waals surface area contributed by atoms with Gasteiger partial charge in [-0.1, -0.05) is 6.92 Å². The van der Waals surface area contributed by atoms with Gasteiger partial charge in [-0.15, -0.1) is 0 Å². The summed E-state index contributed by atoms with van der Waals surface area (Å²) in [6.45, 7) is 3.72. The zero-order chi connectivity index (χ0) is 12.3. The van der Waals surface area contributed by atoms with E-state index in [2.05, 4.69) is 17.2 Å². The van der Waals surface area contributed by atoms with Crippen LogP contribution in [-0.4, -0.2) is 35.4 Å². The van der Waals surface area contributed by atoms with Crippen molar-refractivity contribution in [1.29, 1.82) is 0 Å². The van der Waals surface area contributed by atoms with Crippen molar-refractivity contribution in [2.24, 2.45) is 5.92 Å². The number of rotatable bonds is 3. The summed E-state index contributed by atoms with van der Waals surface area (Å²) in [7, 11) is 1.86. The highest BCUT2D eigenvalue weighted by Gasteiger charge is 2.31. The fourth-order valence-electron chi connectivity index (χ4n) is 2.24. The van der Waals surface area contributed by atoms with Gasteiger partial charge in [0.05, 0.1) is 6.04 Å². The summed E-state index contributed by atoms with van der Waals surface area (Å²) in [6.07, 6.45) is 4.59. The molecule has 0 spiro atoms. The van der Waals surface area contributed by atoms with Crippen LogP contribution in [-0.2, 0) is 11.3 Å². The Labute approximate surface area is 102 Å². The van der Waals surface area contributed by atoms with E-state index in [0.717, 1.165) is 18.5 Å². The van der Waals surface area contributed by atoms with E-state index in [1.165, 1.54) is 0 Å². The van der Waals surface area contributed by atoms with Crippen molar-refractivity contribution in [2.75, 3.05) is 13.6 Å². The third-order valence-corrected chi connectivity index (χ3v) is 3.34. The molecule has 1 saturated heterocycles. The average molecular weight is 233 g/mol. The van der Waals surface area contributed by atoms with Crippen molar-refractivity contribution in [3.63, 3.8) is 0 Å². The summed E-state index contributed by atoms with van der Waals surface area (Å²) in [5.74, 6) is 0.620. The molecule has 1 aromatic heterocycles. The van der Waals surface area contributed by atoms with E-state index in [-0.39, 0.29) is 11.9 Å². The lowest BCUT2D eigenvalue weighted by atomic mass is 10.0. The standard InChI is InChI=1S/C13H19N3O/c1-10-3-8-15-12(10)13(17)16(2)9-11-4-6-14-7-5-11/h4-7,10,12,15H,3,8-9H2,1-2H3. The number of carbonyl (C=O) groups is 1. The molecular formula is C13H19N3O. The highest BCUT2D eigenvalue weighted by atomic mass is 16.2. The third kappa shape index (κ3) is 2.82. The molecule has 0 aliphatic carbocycles. The topological polar surface area (TPSA) is 45.2 Å². The van der Waals surface area contributed by atoms with Gasteiger partial charge in [0, 0.05) is 26.0 Å². The maximum Gasteiger partial charge on any atom is 0.240 e. The molecule has 2 unspecified atom stereocenters. The Balaban J connectivity index is 1.96. The van der Waals surface area contributed by atoms with E-state index in [9.17, 15) is 4.79 Å². The lowest BCUT2D eigenvalue weighted by molar-refractivity contribution is -0.133. The molecule has 2 rings (SSSR count). The van der Waals surface area contributed by atoms with Crippen LogP contribution in [0.25, 0.3) is 0 Å². The molecule has 2 heterocycles. The second-order valence-electron chi connectivity index (χ2n) is 4.75. The molecule has 4 nitrogen and oxygen atoms in total. The van der Waals surface area contributed by atoms with Crippen molar-refractivity contribution >= 4 is 5.91 Å². The molecule has 0 aromatic carbocycles. The fraction of sp³-hybridized carbons (Fsp3) is 0.538. The van der Waals surface area contributed by atoms with Crippen LogP contribution < -0.4 is 5.32 Å². The Hall–Kier alpha value is -1.42. The van der Waals surface area contributed by atoms with Gasteiger partial charge in [0.2, 0.25) is 5.91 Å². The number of amides is 1. The lowest BCUT2D eigenvalue weighted by Gasteiger charge is -2.23. The normalized spacial score (nSPS) is 23.6. The van der Waals surface area contributed by atoms with Gasteiger partial charge in [0.15, 0.2) is 0 Å². The van der Waals surface area contributed by atoms with Gasteiger partial charge in [-0.3, -0.25) is 9.78 Å². The lowest BCUT2D eigenvalue weighted by Crippen LogP contribution is -2.43. The highest BCUT2D eigenvalue weighted by molar-refractivity contribution is 5.82. The van der Waals surface area contributed by atoms with Gasteiger partial charge in [-0.05, 0) is 36.6 Å². The van der Waals surface area contributed by atoms with Gasteiger partial charge in [0.1, 0.15) is 0 Å². The summed E-state index contributed by atoms with van der Waals surface area (Å²) >= 11 is 0. The zero-order valence-electron chi connectivity index (χ0n) is 10.4. The molecule has 1 fully saturated rings. The van der Waals surface area contributed by atoms with Gasteiger partial charge < -0.3 is 10.2 Å². The monoisotopic (exact) mass is 233 g/mol. The van der Waals surface area contributed by atoms with Crippen molar-refractivity contribution in [3.8, 4) is 0 Å². The molecule has 0 bridgehead atoms. The smallest absolute Gasteiger partial charge is 0.240 e. The molecule has 0 saturated carbocycles. The van der Waals surface area contributed by atoms with Crippen LogP contribution in [0.3, 0.4) is 0 Å². The molecule has 2 atom stereocenters. The third-order valence-electron chi connectivity index (χ3n) is 3.34. The van der Waals surface area contributed by atoms with Crippen LogP contribution >= 0.6 is 0 Å². The molecule has 1 aliphatic rings. The molecule has 92 valence electrons. The average Bonchev–Trinajstić information content (AvgIpc) is 2.76. The predicted octanol–water partition coefficient (Wildman–Crippen LogP) is 1.04. The van der Waals surface area contributed by atoms with Crippen LogP contribution in [0.4, 0.5) is 0 Å². The van der Waals surface area contributed by atoms with E-state index >= 15 is 0 Å². The van der Waals surface area contributed by atoms with Crippen LogP contribution in [0.1, 0.15) is 18.9 Å². The van der Waals surface area contributed by atoms with Crippen molar-refractivity contribution in [2.45, 2.75) is 25.9 Å². The van der Waals surface area contributed by atoms with Crippen LogP contribution in [0, 0.1) is 5.92 Å². The summed E-state index contributed by atoms with van der Waals surface area (Å²) in [5.41, 5.74) is 1.11. The molecule has 0 radical (unpaired) electrons. The quantitative estimate of drug-likeness (QED) is 0.848. The molecule has 1 aromatic rings. The second-order valence-corrected chi connectivity index (χ2v) is 4.75. The minimum Gasteiger partial charge on any atom is -0.340 e. The summed E-state index contributed by atoms with van der Waals surface area (Å²) in [4.78, 5) is 18.0. The molecular weight excluding hydrogens is 214 g/mol. The van der Waals surface area contributed by atoms with Gasteiger partial charge in [-0.2, -0.15) is 0 Å². The van der Waals surface area contributed by atoms with E-state index in [1.807, 2.05) is 19.2 Å². The number of hydrogen-bond donors (Lipinski definition) is 1. The Morgan fingerprint density at radius 3 is 2.82 bits per heavy atom. The first-order valence-electron chi connectivity index (χ1n) is 6.05. The Bertz CT molecular complexity index is 380. The SMILES string of the molecule is CC1CCNC1C(=O)N(C)Cc1ccncc1. The minimum absolute atomic E-state index is 0.0122. The van der Waals surface area contributed by atoms with Gasteiger partial charge >= 0.3 is 0 Å². The Morgan fingerprint density at radius 1 is 1.53 bits per heavy atom. The van der Waals surface area contributed by atoms with E-state index in [4.69, 9.17) is 0 Å². The maximum absolute atomic E-state index is 12.2. The number of aromatic nitrogens is 1. The predicted molar refractivity (Wildman–Crippen MR) is 66.3 cm³/mol. The number of hydrogen-bond acceptors (Lipinski definition) is 3. The van der Waals surface area contributed by atoms with Crippen molar-refractivity contribution in [1.82, 2.24) is 15.2 Å². The molecule has 1 amide bonds. The first-order chi connectivity index (χ1) is 8.18. The number of likely N-dealkylation sites (N-methyl/N-ethyl adjacent to an activating group) is 1. The minimum atomic E-state index is -0.0122. The Morgan fingerprint density at radius 2 is 2.24 bits per heavy atom. The van der Waals surface area contributed by atoms with Crippen LogP contribution in [0.5, 0.6) is 0 Å². The molecule has 4 heteroatoms. The van der Waals surface area contributed by atoms with Crippen molar-refractivity contribution < 1.29 is 4.79 Å². The largest absolute Gasteiger partial charge is 0.340 e.